The van der Waals surface area contributed by atoms with Gasteiger partial charge < -0.3 is 30.0 Å². The number of hydrogen-bond acceptors (Lipinski definition) is 9. The number of nitrogens with one attached hydrogen (secondary N) is 3. The molecule has 2 aromatic carbocycles. The van der Waals surface area contributed by atoms with E-state index in [9.17, 15) is 19.2 Å². The summed E-state index contributed by atoms with van der Waals surface area (Å²) in [6.45, 7) is 3.67. The molecule has 4 amide bonds. The first-order valence-corrected chi connectivity index (χ1v) is 15.4. The quantitative estimate of drug-likeness (QED) is 0.302. The van der Waals surface area contributed by atoms with E-state index in [1.54, 1.807) is 29.6 Å². The van der Waals surface area contributed by atoms with Gasteiger partial charge in [-0.25, -0.2) is 9.97 Å². The van der Waals surface area contributed by atoms with Crippen LogP contribution in [0.3, 0.4) is 0 Å². The number of nitrogens with zero attached hydrogens (tertiary/aromatic N) is 3. The maximum Gasteiger partial charge on any atom is 0.273 e. The highest BCUT2D eigenvalue weighted by atomic mass is 32.1. The monoisotopic (exact) mass is 630 g/mol. The van der Waals surface area contributed by atoms with Crippen molar-refractivity contribution < 1.29 is 28.3 Å². The first kappa shape index (κ1) is 31.4. The normalized spacial score (nSPS) is 18.0. The van der Waals surface area contributed by atoms with Gasteiger partial charge in [-0.2, -0.15) is 0 Å². The molecule has 1 aliphatic heterocycles. The van der Waals surface area contributed by atoms with E-state index in [1.807, 2.05) is 44.2 Å². The highest BCUT2D eigenvalue weighted by Crippen LogP contribution is 2.26. The SMILES string of the molecule is COc1cccc(C(=O)N2CCNC(=O)c3coc(n3)[C@H](Cc3ccccc3)NC(=O)c3csc(n3)[C@H](C(C)C)NC(=O)C2)c1. The fourth-order valence-corrected chi connectivity index (χ4v) is 5.88. The van der Waals surface area contributed by atoms with E-state index in [0.717, 1.165) is 5.56 Å². The topological polar surface area (TPSA) is 156 Å². The van der Waals surface area contributed by atoms with Crippen LogP contribution in [0.25, 0.3) is 0 Å². The zero-order valence-corrected chi connectivity index (χ0v) is 25.9. The third-order valence-electron chi connectivity index (χ3n) is 7.25. The molecule has 0 spiro atoms. The Kier molecular flexibility index (Phi) is 9.88. The van der Waals surface area contributed by atoms with Crippen LogP contribution in [-0.4, -0.2) is 65.2 Å². The third-order valence-corrected chi connectivity index (χ3v) is 8.18. The van der Waals surface area contributed by atoms with E-state index in [4.69, 9.17) is 9.15 Å². The molecule has 0 saturated carbocycles. The molecular formula is C32H34N6O6S. The summed E-state index contributed by atoms with van der Waals surface area (Å²) >= 11 is 1.26. The molecule has 2 atom stereocenters. The predicted octanol–water partition coefficient (Wildman–Crippen LogP) is 3.55. The van der Waals surface area contributed by atoms with Gasteiger partial charge in [-0.3, -0.25) is 19.2 Å². The van der Waals surface area contributed by atoms with E-state index in [1.165, 1.54) is 29.6 Å². The first-order valence-electron chi connectivity index (χ1n) is 14.5. The number of oxazole rings is 1. The number of thiazole rings is 1. The Labute approximate surface area is 264 Å². The van der Waals surface area contributed by atoms with Crippen LogP contribution in [0.5, 0.6) is 5.75 Å². The Bertz CT molecular complexity index is 1670. The van der Waals surface area contributed by atoms with Gasteiger partial charge in [0.1, 0.15) is 28.8 Å². The summed E-state index contributed by atoms with van der Waals surface area (Å²) in [7, 11) is 1.50. The highest BCUT2D eigenvalue weighted by Gasteiger charge is 2.28. The van der Waals surface area contributed by atoms with Crippen molar-refractivity contribution in [2.24, 2.45) is 5.92 Å². The average Bonchev–Trinajstić information content (AvgIpc) is 3.74. The van der Waals surface area contributed by atoms with Crippen LogP contribution in [0.4, 0.5) is 0 Å². The van der Waals surface area contributed by atoms with E-state index < -0.39 is 35.7 Å². The average molecular weight is 631 g/mol. The fourth-order valence-electron chi connectivity index (χ4n) is 4.86. The minimum absolute atomic E-state index is 0.0116. The number of carbonyl (C=O) groups excluding carboxylic acids is 4. The summed E-state index contributed by atoms with van der Waals surface area (Å²) in [5, 5.41) is 10.9. The summed E-state index contributed by atoms with van der Waals surface area (Å²) in [4.78, 5) is 63.7. The maximum atomic E-state index is 13.6. The van der Waals surface area contributed by atoms with E-state index >= 15 is 0 Å². The lowest BCUT2D eigenvalue weighted by Crippen LogP contribution is -2.45. The van der Waals surface area contributed by atoms with Gasteiger partial charge in [-0.1, -0.05) is 50.2 Å². The number of rotatable bonds is 5. The molecule has 45 heavy (non-hydrogen) atoms. The molecule has 2 aromatic heterocycles. The molecule has 0 saturated heterocycles. The molecule has 4 bridgehead atoms. The summed E-state index contributed by atoms with van der Waals surface area (Å²) in [6, 6.07) is 14.9. The van der Waals surface area contributed by atoms with E-state index in [0.29, 0.717) is 22.7 Å². The number of hydrogen-bond donors (Lipinski definition) is 3. The Morgan fingerprint density at radius 2 is 1.84 bits per heavy atom. The van der Waals surface area contributed by atoms with Crippen molar-refractivity contribution in [2.75, 3.05) is 26.7 Å². The lowest BCUT2D eigenvalue weighted by Gasteiger charge is -2.25. The molecular weight excluding hydrogens is 596 g/mol. The zero-order chi connectivity index (χ0) is 31.9. The lowest BCUT2D eigenvalue weighted by atomic mass is 10.0. The molecule has 0 radical (unpaired) electrons. The first-order chi connectivity index (χ1) is 21.7. The second kappa shape index (κ2) is 14.2. The van der Waals surface area contributed by atoms with Crippen LogP contribution >= 0.6 is 11.3 Å². The fraction of sp³-hybridized carbons (Fsp3) is 0.312. The number of benzene rings is 2. The summed E-state index contributed by atoms with van der Waals surface area (Å²) in [5.74, 6) is -1.21. The number of methoxy groups -OCH3 is 1. The van der Waals surface area contributed by atoms with Crippen molar-refractivity contribution in [1.82, 2.24) is 30.8 Å². The molecule has 4 aromatic rings. The standard InChI is InChI=1S/C32H34N6O6S/c1-19(2)27-31-36-25(18-45-31)29(41)34-23(14-20-8-5-4-6-9-20)30-35-24(17-44-30)28(40)33-12-13-38(16-26(39)37-27)32(42)21-10-7-11-22(15-21)43-3/h4-11,15,17-19,23,27H,12-14,16H2,1-3H3,(H,33,40)(H,34,41)(H,37,39)/t23-,27-/m0/s1. The van der Waals surface area contributed by atoms with Gasteiger partial charge in [0.15, 0.2) is 5.69 Å². The molecule has 3 heterocycles. The van der Waals surface area contributed by atoms with Crippen molar-refractivity contribution in [3.05, 3.63) is 99.7 Å². The number of ether oxygens (including phenoxy) is 1. The Hall–Kier alpha value is -5.04. The summed E-state index contributed by atoms with van der Waals surface area (Å²) in [5.41, 5.74) is 1.44. The van der Waals surface area contributed by atoms with Gasteiger partial charge in [0.2, 0.25) is 11.8 Å². The van der Waals surface area contributed by atoms with Crippen molar-refractivity contribution in [3.63, 3.8) is 0 Å². The van der Waals surface area contributed by atoms with E-state index in [2.05, 4.69) is 25.9 Å². The molecule has 0 unspecified atom stereocenters. The van der Waals surface area contributed by atoms with Crippen LogP contribution < -0.4 is 20.7 Å². The second-order valence-electron chi connectivity index (χ2n) is 10.9. The van der Waals surface area contributed by atoms with Gasteiger partial charge in [-0.05, 0) is 29.7 Å². The predicted molar refractivity (Wildman–Crippen MR) is 166 cm³/mol. The summed E-state index contributed by atoms with van der Waals surface area (Å²) < 4.78 is 11.0. The largest absolute Gasteiger partial charge is 0.497 e. The Morgan fingerprint density at radius 3 is 2.60 bits per heavy atom. The summed E-state index contributed by atoms with van der Waals surface area (Å²) in [6.07, 6.45) is 1.58. The number of aromatic nitrogens is 2. The zero-order valence-electron chi connectivity index (χ0n) is 25.1. The van der Waals surface area contributed by atoms with Gasteiger partial charge >= 0.3 is 0 Å². The highest BCUT2D eigenvalue weighted by molar-refractivity contribution is 7.09. The Balaban J connectivity index is 1.47. The van der Waals surface area contributed by atoms with Crippen LogP contribution in [0, 0.1) is 5.92 Å². The molecule has 1 aliphatic rings. The minimum Gasteiger partial charge on any atom is -0.497 e. The van der Waals surface area contributed by atoms with Crippen molar-refractivity contribution >= 4 is 35.0 Å². The number of fused-ring (bicyclic) bond motifs is 4. The molecule has 13 heteroatoms. The number of amides is 4. The van der Waals surface area contributed by atoms with Gasteiger partial charge in [0, 0.05) is 30.5 Å². The van der Waals surface area contributed by atoms with Gasteiger partial charge in [0.25, 0.3) is 17.7 Å². The van der Waals surface area contributed by atoms with Gasteiger partial charge in [0.05, 0.1) is 19.7 Å². The van der Waals surface area contributed by atoms with Crippen LogP contribution in [-0.2, 0) is 11.2 Å². The van der Waals surface area contributed by atoms with Crippen LogP contribution in [0.2, 0.25) is 0 Å². The molecule has 3 N–H and O–H groups in total. The van der Waals surface area contributed by atoms with Gasteiger partial charge in [-0.15, -0.1) is 11.3 Å². The maximum absolute atomic E-state index is 13.6. The van der Waals surface area contributed by atoms with Crippen molar-refractivity contribution in [2.45, 2.75) is 32.4 Å². The molecule has 0 aliphatic carbocycles. The molecule has 234 valence electrons. The van der Waals surface area contributed by atoms with Crippen molar-refractivity contribution in [3.8, 4) is 5.75 Å². The Morgan fingerprint density at radius 1 is 1.04 bits per heavy atom. The molecule has 5 rings (SSSR count). The van der Waals surface area contributed by atoms with E-state index in [-0.39, 0.29) is 42.8 Å². The van der Waals surface area contributed by atoms with Crippen LogP contribution in [0.1, 0.15) is 73.7 Å². The third kappa shape index (κ3) is 7.73. The molecule has 12 nitrogen and oxygen atoms in total. The lowest BCUT2D eigenvalue weighted by molar-refractivity contribution is -0.122. The smallest absolute Gasteiger partial charge is 0.273 e. The number of carbonyl (C=O) groups is 4. The second-order valence-corrected chi connectivity index (χ2v) is 11.8. The molecule has 0 fully saturated rings. The minimum atomic E-state index is -0.693. The van der Waals surface area contributed by atoms with Crippen molar-refractivity contribution in [1.29, 1.82) is 0 Å². The van der Waals surface area contributed by atoms with Crippen LogP contribution in [0.15, 0.2) is 70.7 Å².